The van der Waals surface area contributed by atoms with Gasteiger partial charge in [0.1, 0.15) is 0 Å². The standard InChI is InChI=1S/C10H16Br2O4/c11-7(3-1-5-9(13)14)8(12)4-2-6-10(15)16/h7-8H,1-6H2,(H,13,14)(H,15,16). The molecule has 0 saturated heterocycles. The average molecular weight is 360 g/mol. The number of rotatable bonds is 9. The number of hydrogen-bond acceptors (Lipinski definition) is 2. The molecule has 6 heteroatoms. The van der Waals surface area contributed by atoms with E-state index in [4.69, 9.17) is 10.2 Å². The van der Waals surface area contributed by atoms with Gasteiger partial charge in [0.05, 0.1) is 0 Å². The first-order valence-corrected chi connectivity index (χ1v) is 6.98. The van der Waals surface area contributed by atoms with Crippen LogP contribution in [0.25, 0.3) is 0 Å². The first-order chi connectivity index (χ1) is 7.43. The van der Waals surface area contributed by atoms with E-state index in [2.05, 4.69) is 31.9 Å². The molecule has 0 fully saturated rings. The molecule has 0 spiro atoms. The minimum Gasteiger partial charge on any atom is -0.481 e. The Labute approximate surface area is 112 Å². The molecule has 0 aliphatic heterocycles. The average Bonchev–Trinajstić information content (AvgIpc) is 2.16. The normalized spacial score (nSPS) is 14.4. The van der Waals surface area contributed by atoms with Gasteiger partial charge in [-0.1, -0.05) is 31.9 Å². The van der Waals surface area contributed by atoms with E-state index >= 15 is 0 Å². The van der Waals surface area contributed by atoms with Gasteiger partial charge < -0.3 is 10.2 Å². The van der Waals surface area contributed by atoms with Crippen LogP contribution in [0.1, 0.15) is 38.5 Å². The van der Waals surface area contributed by atoms with E-state index in [1.807, 2.05) is 0 Å². The molecule has 0 aliphatic carbocycles. The van der Waals surface area contributed by atoms with Crippen molar-refractivity contribution in [2.75, 3.05) is 0 Å². The van der Waals surface area contributed by atoms with Crippen molar-refractivity contribution in [2.45, 2.75) is 48.2 Å². The van der Waals surface area contributed by atoms with Crippen molar-refractivity contribution in [3.8, 4) is 0 Å². The zero-order valence-electron chi connectivity index (χ0n) is 8.86. The third-order valence-electron chi connectivity index (χ3n) is 2.13. The number of aliphatic carboxylic acids is 2. The summed E-state index contributed by atoms with van der Waals surface area (Å²) in [5, 5.41) is 17.0. The highest BCUT2D eigenvalue weighted by Gasteiger charge is 2.16. The van der Waals surface area contributed by atoms with Crippen molar-refractivity contribution in [3.05, 3.63) is 0 Å². The number of carboxylic acid groups (broad SMARTS) is 2. The molecule has 0 aromatic rings. The molecule has 0 bridgehead atoms. The van der Waals surface area contributed by atoms with Crippen LogP contribution < -0.4 is 0 Å². The van der Waals surface area contributed by atoms with E-state index < -0.39 is 11.9 Å². The Morgan fingerprint density at radius 2 is 1.19 bits per heavy atom. The van der Waals surface area contributed by atoms with E-state index in [0.717, 1.165) is 12.8 Å². The Hall–Kier alpha value is -0.100. The molecular weight excluding hydrogens is 344 g/mol. The summed E-state index contributed by atoms with van der Waals surface area (Å²) in [6, 6.07) is 0. The van der Waals surface area contributed by atoms with Crippen molar-refractivity contribution in [2.24, 2.45) is 0 Å². The predicted octanol–water partition coefficient (Wildman–Crippen LogP) is 3.02. The van der Waals surface area contributed by atoms with Crippen LogP contribution in [0.3, 0.4) is 0 Å². The van der Waals surface area contributed by atoms with E-state index in [1.165, 1.54) is 0 Å². The van der Waals surface area contributed by atoms with Crippen LogP contribution in [0.5, 0.6) is 0 Å². The Bertz CT molecular complexity index is 209. The minimum atomic E-state index is -0.781. The van der Waals surface area contributed by atoms with E-state index in [1.54, 1.807) is 0 Å². The van der Waals surface area contributed by atoms with Crippen molar-refractivity contribution >= 4 is 43.8 Å². The second kappa shape index (κ2) is 8.98. The van der Waals surface area contributed by atoms with E-state index in [0.29, 0.717) is 12.8 Å². The van der Waals surface area contributed by atoms with Crippen molar-refractivity contribution in [1.29, 1.82) is 0 Å². The van der Waals surface area contributed by atoms with Gasteiger partial charge in [-0.25, -0.2) is 0 Å². The lowest BCUT2D eigenvalue weighted by molar-refractivity contribution is -0.138. The quantitative estimate of drug-likeness (QED) is 0.620. The van der Waals surface area contributed by atoms with Gasteiger partial charge >= 0.3 is 11.9 Å². The van der Waals surface area contributed by atoms with Crippen molar-refractivity contribution in [1.82, 2.24) is 0 Å². The highest BCUT2D eigenvalue weighted by atomic mass is 79.9. The van der Waals surface area contributed by atoms with Crippen LogP contribution in [0, 0.1) is 0 Å². The molecule has 16 heavy (non-hydrogen) atoms. The molecule has 0 heterocycles. The third kappa shape index (κ3) is 9.15. The molecule has 2 unspecified atom stereocenters. The van der Waals surface area contributed by atoms with Crippen LogP contribution in [-0.4, -0.2) is 31.8 Å². The first-order valence-electron chi connectivity index (χ1n) is 5.15. The van der Waals surface area contributed by atoms with Gasteiger partial charge in [0.25, 0.3) is 0 Å². The maximum absolute atomic E-state index is 10.3. The molecule has 0 amide bonds. The largest absolute Gasteiger partial charge is 0.481 e. The fourth-order valence-corrected chi connectivity index (χ4v) is 2.43. The molecule has 4 nitrogen and oxygen atoms in total. The van der Waals surface area contributed by atoms with Gasteiger partial charge in [-0.15, -0.1) is 0 Å². The number of hydrogen-bond donors (Lipinski definition) is 2. The molecule has 0 aliphatic rings. The fraction of sp³-hybridized carbons (Fsp3) is 0.800. The van der Waals surface area contributed by atoms with Crippen LogP contribution in [-0.2, 0) is 9.59 Å². The lowest BCUT2D eigenvalue weighted by Crippen LogP contribution is -2.15. The molecule has 0 aromatic carbocycles. The molecule has 0 aromatic heterocycles. The fourth-order valence-electron chi connectivity index (χ4n) is 1.26. The molecular formula is C10H16Br2O4. The van der Waals surface area contributed by atoms with Crippen LogP contribution in [0.15, 0.2) is 0 Å². The highest BCUT2D eigenvalue weighted by Crippen LogP contribution is 2.24. The van der Waals surface area contributed by atoms with Gasteiger partial charge in [0.15, 0.2) is 0 Å². The van der Waals surface area contributed by atoms with Gasteiger partial charge in [-0.05, 0) is 25.7 Å². The van der Waals surface area contributed by atoms with E-state index in [-0.39, 0.29) is 22.5 Å². The maximum Gasteiger partial charge on any atom is 0.303 e. The lowest BCUT2D eigenvalue weighted by atomic mass is 10.1. The Morgan fingerprint density at radius 3 is 1.44 bits per heavy atom. The number of alkyl halides is 2. The summed E-state index contributed by atoms with van der Waals surface area (Å²) in [6.07, 6.45) is 3.16. The van der Waals surface area contributed by atoms with Crippen LogP contribution >= 0.6 is 31.9 Å². The first kappa shape index (κ1) is 15.9. The minimum absolute atomic E-state index is 0.178. The van der Waals surface area contributed by atoms with Crippen LogP contribution in [0.2, 0.25) is 0 Å². The van der Waals surface area contributed by atoms with Gasteiger partial charge in [-0.3, -0.25) is 9.59 Å². The number of carboxylic acids is 2. The van der Waals surface area contributed by atoms with Crippen LogP contribution in [0.4, 0.5) is 0 Å². The summed E-state index contributed by atoms with van der Waals surface area (Å²) >= 11 is 6.95. The highest BCUT2D eigenvalue weighted by molar-refractivity contribution is 9.12. The molecule has 0 saturated carbocycles. The smallest absolute Gasteiger partial charge is 0.303 e. The maximum atomic E-state index is 10.3. The zero-order valence-corrected chi connectivity index (χ0v) is 12.0. The predicted molar refractivity (Wildman–Crippen MR) is 68.4 cm³/mol. The summed E-state index contributed by atoms with van der Waals surface area (Å²) in [4.78, 5) is 21.0. The Balaban J connectivity index is 3.60. The zero-order chi connectivity index (χ0) is 12.6. The van der Waals surface area contributed by atoms with Gasteiger partial charge in [0.2, 0.25) is 0 Å². The van der Waals surface area contributed by atoms with E-state index in [9.17, 15) is 9.59 Å². The van der Waals surface area contributed by atoms with Gasteiger partial charge in [-0.2, -0.15) is 0 Å². The molecule has 0 rings (SSSR count). The van der Waals surface area contributed by atoms with Crippen molar-refractivity contribution < 1.29 is 19.8 Å². The summed E-state index contributed by atoms with van der Waals surface area (Å²) in [5.74, 6) is -1.56. The lowest BCUT2D eigenvalue weighted by Gasteiger charge is -2.15. The summed E-state index contributed by atoms with van der Waals surface area (Å²) in [6.45, 7) is 0. The van der Waals surface area contributed by atoms with Gasteiger partial charge in [0, 0.05) is 22.5 Å². The summed E-state index contributed by atoms with van der Waals surface area (Å²) in [7, 11) is 0. The molecule has 94 valence electrons. The monoisotopic (exact) mass is 358 g/mol. The molecule has 2 N–H and O–H groups in total. The summed E-state index contributed by atoms with van der Waals surface area (Å²) < 4.78 is 0. The third-order valence-corrected chi connectivity index (χ3v) is 5.03. The topological polar surface area (TPSA) is 74.6 Å². The Kier molecular flexibility index (Phi) is 8.93. The SMILES string of the molecule is O=C(O)CCCC(Br)C(Br)CCCC(=O)O. The second-order valence-corrected chi connectivity index (χ2v) is 5.96. The summed E-state index contributed by atoms with van der Waals surface area (Å²) in [5.41, 5.74) is 0. The van der Waals surface area contributed by atoms with Crippen molar-refractivity contribution in [3.63, 3.8) is 0 Å². The Morgan fingerprint density at radius 1 is 0.875 bits per heavy atom. The molecule has 2 atom stereocenters. The number of carbonyl (C=O) groups is 2. The number of halogens is 2. The molecule has 0 radical (unpaired) electrons. The second-order valence-electron chi connectivity index (χ2n) is 3.60.